The molecule has 0 aliphatic heterocycles. The van der Waals surface area contributed by atoms with Crippen LogP contribution in [0.1, 0.15) is 18.9 Å². The van der Waals surface area contributed by atoms with Gasteiger partial charge in [-0.05, 0) is 24.1 Å². The van der Waals surface area contributed by atoms with Gasteiger partial charge in [0.15, 0.2) is 11.5 Å². The van der Waals surface area contributed by atoms with Crippen LogP contribution in [0.5, 0.6) is 11.5 Å². The molecule has 0 saturated carbocycles. The van der Waals surface area contributed by atoms with Crippen molar-refractivity contribution in [2.75, 3.05) is 25.2 Å². The van der Waals surface area contributed by atoms with Gasteiger partial charge in [-0.1, -0.05) is 13.0 Å². The number of methoxy groups -OCH3 is 1. The predicted octanol–water partition coefficient (Wildman–Crippen LogP) is 1.39. The smallest absolute Gasteiger partial charge is 0.161 e. The monoisotopic (exact) mass is 288 g/mol. The third kappa shape index (κ3) is 5.08. The van der Waals surface area contributed by atoms with Crippen molar-refractivity contribution in [1.29, 1.82) is 0 Å². The Labute approximate surface area is 114 Å². The Morgan fingerprint density at radius 1 is 1.26 bits per heavy atom. The topological polar surface area (TPSA) is 72.8 Å². The summed E-state index contributed by atoms with van der Waals surface area (Å²) >= 11 is 0. The molecule has 1 aromatic rings. The van der Waals surface area contributed by atoms with Gasteiger partial charge >= 0.3 is 0 Å². The molecular weight excluding hydrogens is 268 g/mol. The number of sulfone groups is 1. The number of hydrogen-bond donors (Lipinski definition) is 1. The highest BCUT2D eigenvalue weighted by Crippen LogP contribution is 2.28. The van der Waals surface area contributed by atoms with E-state index in [2.05, 4.69) is 0 Å². The van der Waals surface area contributed by atoms with Crippen LogP contribution >= 0.6 is 0 Å². The first-order chi connectivity index (χ1) is 9.02. The van der Waals surface area contributed by atoms with Gasteiger partial charge in [0.1, 0.15) is 9.84 Å². The van der Waals surface area contributed by atoms with Crippen LogP contribution in [0.4, 0.5) is 0 Å². The fourth-order valence-electron chi connectivity index (χ4n) is 1.53. The average Bonchev–Trinajstić information content (AvgIpc) is 2.43. The minimum absolute atomic E-state index is 0.0641. The Morgan fingerprint density at radius 3 is 2.58 bits per heavy atom. The van der Waals surface area contributed by atoms with Crippen LogP contribution in [0.3, 0.4) is 0 Å². The first kappa shape index (κ1) is 15.8. The lowest BCUT2D eigenvalue weighted by Gasteiger charge is -2.11. The van der Waals surface area contributed by atoms with Crippen LogP contribution in [-0.4, -0.2) is 38.7 Å². The molecule has 0 radical (unpaired) electrons. The summed E-state index contributed by atoms with van der Waals surface area (Å²) in [5.41, 5.74) is 0.734. The molecule has 0 saturated heterocycles. The summed E-state index contributed by atoms with van der Waals surface area (Å²) in [6, 6.07) is 5.14. The van der Waals surface area contributed by atoms with E-state index in [1.165, 1.54) is 7.11 Å². The highest BCUT2D eigenvalue weighted by molar-refractivity contribution is 7.91. The van der Waals surface area contributed by atoms with Gasteiger partial charge in [0, 0.05) is 5.75 Å². The third-order valence-electron chi connectivity index (χ3n) is 2.71. The third-order valence-corrected chi connectivity index (χ3v) is 4.50. The summed E-state index contributed by atoms with van der Waals surface area (Å²) in [5.74, 6) is 1.36. The highest BCUT2D eigenvalue weighted by atomic mass is 32.2. The van der Waals surface area contributed by atoms with Crippen molar-refractivity contribution in [2.45, 2.75) is 20.0 Å². The molecule has 0 fully saturated rings. The molecule has 108 valence electrons. The second kappa shape index (κ2) is 7.35. The summed E-state index contributed by atoms with van der Waals surface area (Å²) < 4.78 is 33.3. The molecule has 6 heteroatoms. The number of aliphatic hydroxyl groups is 1. The van der Waals surface area contributed by atoms with Gasteiger partial charge < -0.3 is 14.6 Å². The van der Waals surface area contributed by atoms with Gasteiger partial charge in [-0.25, -0.2) is 8.42 Å². The Hall–Kier alpha value is -1.27. The molecule has 0 spiro atoms. The number of hydrogen-bond acceptors (Lipinski definition) is 5. The van der Waals surface area contributed by atoms with E-state index >= 15 is 0 Å². The second-order valence-corrected chi connectivity index (χ2v) is 6.55. The lowest BCUT2D eigenvalue weighted by atomic mass is 10.2. The fourth-order valence-corrected chi connectivity index (χ4v) is 2.38. The molecular formula is C13H20O5S. The van der Waals surface area contributed by atoms with Crippen LogP contribution in [0.25, 0.3) is 0 Å². The van der Waals surface area contributed by atoms with Crippen LogP contribution < -0.4 is 9.47 Å². The molecule has 0 amide bonds. The summed E-state index contributed by atoms with van der Waals surface area (Å²) in [7, 11) is -1.43. The van der Waals surface area contributed by atoms with Gasteiger partial charge in [-0.2, -0.15) is 0 Å². The summed E-state index contributed by atoms with van der Waals surface area (Å²) in [6.45, 7) is 1.88. The lowest BCUT2D eigenvalue weighted by molar-refractivity contribution is 0.277. The van der Waals surface area contributed by atoms with Gasteiger partial charge in [0.2, 0.25) is 0 Å². The van der Waals surface area contributed by atoms with Crippen molar-refractivity contribution in [3.63, 3.8) is 0 Å². The minimum Gasteiger partial charge on any atom is -0.493 e. The van der Waals surface area contributed by atoms with E-state index in [1.807, 2.05) is 0 Å². The zero-order valence-electron chi connectivity index (χ0n) is 11.3. The SMILES string of the molecule is CCS(=O)(=O)CCCOc1ccc(CO)cc1OC. The average molecular weight is 288 g/mol. The van der Waals surface area contributed by atoms with Crippen LogP contribution in [0, 0.1) is 0 Å². The molecule has 1 rings (SSSR count). The van der Waals surface area contributed by atoms with Crippen molar-refractivity contribution < 1.29 is 23.0 Å². The molecule has 0 aromatic heterocycles. The van der Waals surface area contributed by atoms with Crippen molar-refractivity contribution in [3.8, 4) is 11.5 Å². The van der Waals surface area contributed by atoms with Crippen molar-refractivity contribution >= 4 is 9.84 Å². The van der Waals surface area contributed by atoms with E-state index in [4.69, 9.17) is 14.6 Å². The first-order valence-electron chi connectivity index (χ1n) is 6.13. The maximum Gasteiger partial charge on any atom is 0.161 e. The van der Waals surface area contributed by atoms with Crippen molar-refractivity contribution in [1.82, 2.24) is 0 Å². The Kier molecular flexibility index (Phi) is 6.11. The van der Waals surface area contributed by atoms with Crippen LogP contribution in [-0.2, 0) is 16.4 Å². The number of benzene rings is 1. The summed E-state index contributed by atoms with van der Waals surface area (Å²) in [6.07, 6.45) is 0.446. The maximum absolute atomic E-state index is 11.3. The van der Waals surface area contributed by atoms with Crippen molar-refractivity contribution in [2.24, 2.45) is 0 Å². The summed E-state index contributed by atoms with van der Waals surface area (Å²) in [4.78, 5) is 0. The predicted molar refractivity (Wildman–Crippen MR) is 73.4 cm³/mol. The molecule has 0 bridgehead atoms. The van der Waals surface area contributed by atoms with E-state index in [-0.39, 0.29) is 18.1 Å². The Balaban J connectivity index is 2.54. The zero-order chi connectivity index (χ0) is 14.3. The molecule has 0 aliphatic carbocycles. The lowest BCUT2D eigenvalue weighted by Crippen LogP contribution is -2.12. The fraction of sp³-hybridized carbons (Fsp3) is 0.538. The minimum atomic E-state index is -2.94. The molecule has 1 N–H and O–H groups in total. The molecule has 0 atom stereocenters. The number of aliphatic hydroxyl groups excluding tert-OH is 1. The standard InChI is InChI=1S/C13H20O5S/c1-3-19(15,16)8-4-7-18-12-6-5-11(10-14)9-13(12)17-2/h5-6,9,14H,3-4,7-8,10H2,1-2H3. The Morgan fingerprint density at radius 2 is 2.00 bits per heavy atom. The van der Waals surface area contributed by atoms with Crippen LogP contribution in [0.2, 0.25) is 0 Å². The molecule has 0 heterocycles. The molecule has 0 unspecified atom stereocenters. The molecule has 19 heavy (non-hydrogen) atoms. The number of rotatable bonds is 8. The van der Waals surface area contributed by atoms with E-state index in [9.17, 15) is 8.42 Å². The first-order valence-corrected chi connectivity index (χ1v) is 7.95. The molecule has 1 aromatic carbocycles. The molecule has 0 aliphatic rings. The maximum atomic E-state index is 11.3. The van der Waals surface area contributed by atoms with Crippen LogP contribution in [0.15, 0.2) is 18.2 Å². The van der Waals surface area contributed by atoms with E-state index < -0.39 is 9.84 Å². The van der Waals surface area contributed by atoms with E-state index in [1.54, 1.807) is 25.1 Å². The largest absolute Gasteiger partial charge is 0.493 e. The van der Waals surface area contributed by atoms with E-state index in [0.29, 0.717) is 24.5 Å². The van der Waals surface area contributed by atoms with Gasteiger partial charge in [-0.15, -0.1) is 0 Å². The normalized spacial score (nSPS) is 11.3. The second-order valence-electron chi connectivity index (χ2n) is 4.08. The van der Waals surface area contributed by atoms with Gasteiger partial charge in [0.05, 0.1) is 26.1 Å². The quantitative estimate of drug-likeness (QED) is 0.732. The highest BCUT2D eigenvalue weighted by Gasteiger charge is 2.08. The van der Waals surface area contributed by atoms with Crippen molar-refractivity contribution in [3.05, 3.63) is 23.8 Å². The zero-order valence-corrected chi connectivity index (χ0v) is 12.1. The Bertz CT molecular complexity index is 496. The summed E-state index contributed by atoms with van der Waals surface area (Å²) in [5, 5.41) is 9.02. The van der Waals surface area contributed by atoms with Gasteiger partial charge in [-0.3, -0.25) is 0 Å². The van der Waals surface area contributed by atoms with Gasteiger partial charge in [0.25, 0.3) is 0 Å². The molecule has 5 nitrogen and oxygen atoms in total. The number of ether oxygens (including phenoxy) is 2. The van der Waals surface area contributed by atoms with E-state index in [0.717, 1.165) is 5.56 Å².